The second-order valence-corrected chi connectivity index (χ2v) is 2.06. The highest BCUT2D eigenvalue weighted by Crippen LogP contribution is 2.11. The van der Waals surface area contributed by atoms with Crippen LogP contribution in [0.3, 0.4) is 0 Å². The van der Waals surface area contributed by atoms with Gasteiger partial charge in [0.25, 0.3) is 0 Å². The molecular weight excluding hydrogens is 122 g/mol. The molecular formula is C6H10ClN. The van der Waals surface area contributed by atoms with Crippen molar-refractivity contribution in [2.45, 2.75) is 20.3 Å². The predicted molar refractivity (Wildman–Crippen MR) is 38.4 cm³/mol. The van der Waals surface area contributed by atoms with Gasteiger partial charge in [-0.1, -0.05) is 18.5 Å². The Morgan fingerprint density at radius 2 is 2.25 bits per heavy atom. The minimum absolute atomic E-state index is 0.738. The van der Waals surface area contributed by atoms with E-state index in [-0.39, 0.29) is 0 Å². The summed E-state index contributed by atoms with van der Waals surface area (Å²) in [7, 11) is 0. The summed E-state index contributed by atoms with van der Waals surface area (Å²) in [4.78, 5) is 3.70. The lowest BCUT2D eigenvalue weighted by Crippen LogP contribution is -1.74. The summed E-state index contributed by atoms with van der Waals surface area (Å²) < 4.78 is 0. The monoisotopic (exact) mass is 131 g/mol. The van der Waals surface area contributed by atoms with Gasteiger partial charge in [0, 0.05) is 5.03 Å². The lowest BCUT2D eigenvalue weighted by Gasteiger charge is -1.93. The van der Waals surface area contributed by atoms with Crippen LogP contribution < -0.4 is 0 Å². The summed E-state index contributed by atoms with van der Waals surface area (Å²) in [5, 5.41) is 0.738. The van der Waals surface area contributed by atoms with Crippen molar-refractivity contribution in [2.75, 3.05) is 0 Å². The molecule has 0 aliphatic heterocycles. The lowest BCUT2D eigenvalue weighted by molar-refractivity contribution is 1.06. The Morgan fingerprint density at radius 1 is 1.75 bits per heavy atom. The van der Waals surface area contributed by atoms with Gasteiger partial charge >= 0.3 is 0 Å². The average Bonchev–Trinajstić information content (AvgIpc) is 1.69. The van der Waals surface area contributed by atoms with Crippen LogP contribution >= 0.6 is 11.6 Å². The fourth-order valence-corrected chi connectivity index (χ4v) is 0.658. The molecule has 0 N–H and O–H groups in total. The van der Waals surface area contributed by atoms with Crippen LogP contribution in [0.5, 0.6) is 0 Å². The van der Waals surface area contributed by atoms with Crippen LogP contribution in [0.15, 0.2) is 15.7 Å². The summed E-state index contributed by atoms with van der Waals surface area (Å²) in [6, 6.07) is 0. The number of hydrogen-bond acceptors (Lipinski definition) is 1. The van der Waals surface area contributed by atoms with E-state index < -0.39 is 0 Å². The quantitative estimate of drug-likeness (QED) is 0.511. The molecule has 0 heterocycles. The molecule has 0 unspecified atom stereocenters. The molecule has 0 aromatic carbocycles. The molecule has 1 nitrogen and oxygen atoms in total. The topological polar surface area (TPSA) is 12.4 Å². The van der Waals surface area contributed by atoms with Gasteiger partial charge in [-0.3, -0.25) is 4.99 Å². The molecule has 46 valence electrons. The minimum atomic E-state index is 0.738. The van der Waals surface area contributed by atoms with Gasteiger partial charge in [0.1, 0.15) is 0 Å². The molecule has 0 fully saturated rings. The summed E-state index contributed by atoms with van der Waals surface area (Å²) in [6.45, 7) is 7.17. The fraction of sp³-hybridized carbons (Fsp3) is 0.500. The molecule has 0 rings (SSSR count). The van der Waals surface area contributed by atoms with Crippen molar-refractivity contribution in [1.82, 2.24) is 0 Å². The molecule has 8 heavy (non-hydrogen) atoms. The molecule has 0 amide bonds. The van der Waals surface area contributed by atoms with E-state index in [1.54, 1.807) is 0 Å². The van der Waals surface area contributed by atoms with Crippen LogP contribution in [0.1, 0.15) is 20.3 Å². The smallest absolute Gasteiger partial charge is 0.0535 e. The number of aliphatic imine (C=N–C) groups is 1. The maximum Gasteiger partial charge on any atom is 0.0535 e. The van der Waals surface area contributed by atoms with E-state index in [0.717, 1.165) is 17.2 Å². The predicted octanol–water partition coefficient (Wildman–Crippen LogP) is 2.57. The highest BCUT2D eigenvalue weighted by Gasteiger charge is 1.90. The highest BCUT2D eigenvalue weighted by atomic mass is 35.5. The molecule has 0 bridgehead atoms. The van der Waals surface area contributed by atoms with Crippen LogP contribution in [0.4, 0.5) is 0 Å². The van der Waals surface area contributed by atoms with Gasteiger partial charge in [-0.05, 0) is 20.1 Å². The van der Waals surface area contributed by atoms with Crippen molar-refractivity contribution in [3.8, 4) is 0 Å². The first-order valence-corrected chi connectivity index (χ1v) is 2.92. The number of allylic oxidation sites excluding steroid dienone is 2. The molecule has 0 atom stereocenters. The lowest BCUT2D eigenvalue weighted by atomic mass is 10.3. The Hall–Kier alpha value is -0.300. The zero-order chi connectivity index (χ0) is 6.57. The first kappa shape index (κ1) is 7.70. The number of hydrogen-bond donors (Lipinski definition) is 0. The van der Waals surface area contributed by atoms with Gasteiger partial charge in [-0.2, -0.15) is 0 Å². The van der Waals surface area contributed by atoms with Crippen LogP contribution in [0, 0.1) is 0 Å². The first-order valence-electron chi connectivity index (χ1n) is 2.54. The van der Waals surface area contributed by atoms with Gasteiger partial charge in [0.05, 0.1) is 5.70 Å². The molecule has 0 aromatic heterocycles. The summed E-state index contributed by atoms with van der Waals surface area (Å²) >= 11 is 5.59. The summed E-state index contributed by atoms with van der Waals surface area (Å²) in [5.74, 6) is 0. The largest absolute Gasteiger partial charge is 0.268 e. The summed E-state index contributed by atoms with van der Waals surface area (Å²) in [5.41, 5.74) is 0.881. The van der Waals surface area contributed by atoms with E-state index >= 15 is 0 Å². The Balaban J connectivity index is 4.07. The fourth-order valence-electron chi connectivity index (χ4n) is 0.464. The van der Waals surface area contributed by atoms with Gasteiger partial charge in [0.15, 0.2) is 0 Å². The first-order chi connectivity index (χ1) is 3.72. The van der Waals surface area contributed by atoms with Crippen molar-refractivity contribution in [3.05, 3.63) is 10.7 Å². The number of halogens is 1. The van der Waals surface area contributed by atoms with E-state index in [1.165, 1.54) is 0 Å². The van der Waals surface area contributed by atoms with Crippen LogP contribution in [0.2, 0.25) is 0 Å². The molecule has 0 radical (unpaired) electrons. The van der Waals surface area contributed by atoms with Gasteiger partial charge in [-0.25, -0.2) is 0 Å². The number of rotatable bonds is 2. The third-order valence-electron chi connectivity index (χ3n) is 0.923. The van der Waals surface area contributed by atoms with Crippen molar-refractivity contribution in [1.29, 1.82) is 0 Å². The SMILES string of the molecule is C=N/C(CC)=C(\C)Cl. The van der Waals surface area contributed by atoms with Crippen molar-refractivity contribution in [2.24, 2.45) is 4.99 Å². The summed E-state index contributed by atoms with van der Waals surface area (Å²) in [6.07, 6.45) is 0.860. The van der Waals surface area contributed by atoms with Crippen LogP contribution in [-0.2, 0) is 0 Å². The van der Waals surface area contributed by atoms with Gasteiger partial charge in [0.2, 0.25) is 0 Å². The van der Waals surface area contributed by atoms with Crippen LogP contribution in [-0.4, -0.2) is 6.72 Å². The van der Waals surface area contributed by atoms with E-state index in [9.17, 15) is 0 Å². The molecule has 0 aromatic rings. The Labute approximate surface area is 55.1 Å². The zero-order valence-electron chi connectivity index (χ0n) is 5.24. The minimum Gasteiger partial charge on any atom is -0.268 e. The third kappa shape index (κ3) is 2.12. The number of nitrogens with zero attached hydrogens (tertiary/aromatic N) is 1. The van der Waals surface area contributed by atoms with Crippen molar-refractivity contribution >= 4 is 18.3 Å². The molecule has 2 heteroatoms. The highest BCUT2D eigenvalue weighted by molar-refractivity contribution is 6.29. The van der Waals surface area contributed by atoms with Crippen LogP contribution in [0.25, 0.3) is 0 Å². The van der Waals surface area contributed by atoms with Crippen molar-refractivity contribution in [3.63, 3.8) is 0 Å². The van der Waals surface area contributed by atoms with Crippen molar-refractivity contribution < 1.29 is 0 Å². The molecule has 0 saturated heterocycles. The van der Waals surface area contributed by atoms with E-state index in [4.69, 9.17) is 11.6 Å². The maximum atomic E-state index is 5.59. The van der Waals surface area contributed by atoms with E-state index in [1.807, 2.05) is 13.8 Å². The molecule has 0 aliphatic carbocycles. The average molecular weight is 132 g/mol. The van der Waals surface area contributed by atoms with E-state index in [2.05, 4.69) is 11.7 Å². The second kappa shape index (κ2) is 3.67. The Bertz CT molecular complexity index is 112. The Morgan fingerprint density at radius 3 is 2.25 bits per heavy atom. The molecule has 0 saturated carbocycles. The normalized spacial score (nSPS) is 12.9. The Kier molecular flexibility index (Phi) is 3.53. The van der Waals surface area contributed by atoms with E-state index in [0.29, 0.717) is 0 Å². The third-order valence-corrected chi connectivity index (χ3v) is 1.14. The standard InChI is InChI=1S/C6H10ClN/c1-4-6(8-3)5(2)7/h3-4H2,1-2H3/b6-5+. The maximum absolute atomic E-state index is 5.59. The second-order valence-electron chi connectivity index (χ2n) is 1.49. The molecule has 0 spiro atoms. The zero-order valence-corrected chi connectivity index (χ0v) is 6.00. The van der Waals surface area contributed by atoms with Gasteiger partial charge in [-0.15, -0.1) is 0 Å². The van der Waals surface area contributed by atoms with Gasteiger partial charge < -0.3 is 0 Å². The molecule has 0 aliphatic rings.